The highest BCUT2D eigenvalue weighted by atomic mass is 19.1. The number of hydrogen-bond donors (Lipinski definition) is 1. The van der Waals surface area contributed by atoms with Crippen molar-refractivity contribution in [1.82, 2.24) is 19.5 Å². The molecule has 1 atom stereocenters. The number of anilines is 2. The van der Waals surface area contributed by atoms with Crippen molar-refractivity contribution in [2.75, 3.05) is 30.3 Å². The number of carbonyl (C=O) groups is 1. The zero-order valence-corrected chi connectivity index (χ0v) is 16.8. The van der Waals surface area contributed by atoms with Crippen LogP contribution in [0, 0.1) is 11.6 Å². The number of nitrogens with two attached hydrogens (primary N) is 1. The maximum absolute atomic E-state index is 15.1. The normalized spacial score (nSPS) is 16.5. The Kier molecular flexibility index (Phi) is 5.14. The summed E-state index contributed by atoms with van der Waals surface area (Å²) in [5.41, 5.74) is 4.26. The van der Waals surface area contributed by atoms with Crippen molar-refractivity contribution in [3.63, 3.8) is 0 Å². The number of benzene rings is 1. The molecule has 1 aliphatic heterocycles. The van der Waals surface area contributed by atoms with Crippen LogP contribution < -0.4 is 16.2 Å². The predicted molar refractivity (Wildman–Crippen MR) is 113 cm³/mol. The van der Waals surface area contributed by atoms with Gasteiger partial charge < -0.3 is 15.5 Å². The molecule has 3 aromatic rings. The molecule has 4 rings (SSSR count). The van der Waals surface area contributed by atoms with Gasteiger partial charge in [-0.1, -0.05) is 12.6 Å². The van der Waals surface area contributed by atoms with Gasteiger partial charge in [0.1, 0.15) is 23.5 Å². The van der Waals surface area contributed by atoms with E-state index in [9.17, 15) is 14.0 Å². The molecule has 160 valence electrons. The maximum atomic E-state index is 15.1. The molecule has 0 unspecified atom stereocenters. The Morgan fingerprint density at radius 2 is 2.03 bits per heavy atom. The summed E-state index contributed by atoms with van der Waals surface area (Å²) in [7, 11) is 0. The molecular formula is C21H20F2N6O2. The summed E-state index contributed by atoms with van der Waals surface area (Å²) < 4.78 is 30.5. The standard InChI is InChI=1S/C21H20F2N6O2/c1-3-17(30)27-7-8-28(12(2)10-27)20-16-9-14(23)19(21(31)29(16)26-11-25-20)18-13(22)5-4-6-15(18)24/h3-6,9,11-12H,1,7-8,10,24H2,2H3/t12-/m0/s1. The summed E-state index contributed by atoms with van der Waals surface area (Å²) in [6.45, 7) is 6.65. The number of amides is 1. The molecule has 0 radical (unpaired) electrons. The number of aromatic nitrogens is 3. The average Bonchev–Trinajstić information content (AvgIpc) is 2.75. The quantitative estimate of drug-likeness (QED) is 0.507. The van der Waals surface area contributed by atoms with Crippen LogP contribution in [-0.2, 0) is 4.79 Å². The van der Waals surface area contributed by atoms with Crippen molar-refractivity contribution in [3.05, 3.63) is 65.2 Å². The number of hydrogen-bond acceptors (Lipinski definition) is 6. The number of carbonyl (C=O) groups excluding carboxylic acids is 1. The first kappa shape index (κ1) is 20.5. The van der Waals surface area contributed by atoms with Gasteiger partial charge in [0.05, 0.1) is 5.56 Å². The Morgan fingerprint density at radius 1 is 1.26 bits per heavy atom. The number of nitrogen functional groups attached to an aromatic ring is 1. The van der Waals surface area contributed by atoms with E-state index in [0.717, 1.165) is 16.6 Å². The van der Waals surface area contributed by atoms with Gasteiger partial charge >= 0.3 is 0 Å². The summed E-state index contributed by atoms with van der Waals surface area (Å²) in [5.74, 6) is -1.56. The van der Waals surface area contributed by atoms with Gasteiger partial charge in [0.15, 0.2) is 5.82 Å². The number of nitrogens with zero attached hydrogens (tertiary/aromatic N) is 5. The third kappa shape index (κ3) is 3.39. The van der Waals surface area contributed by atoms with Gasteiger partial charge in [-0.3, -0.25) is 9.59 Å². The minimum atomic E-state index is -0.925. The van der Waals surface area contributed by atoms with Crippen molar-refractivity contribution in [2.45, 2.75) is 13.0 Å². The van der Waals surface area contributed by atoms with Crippen molar-refractivity contribution in [1.29, 1.82) is 0 Å². The predicted octanol–water partition coefficient (Wildman–Crippen LogP) is 1.84. The minimum Gasteiger partial charge on any atom is -0.398 e. The first-order chi connectivity index (χ1) is 14.8. The summed E-state index contributed by atoms with van der Waals surface area (Å²) in [6.07, 6.45) is 2.44. The van der Waals surface area contributed by atoms with Crippen molar-refractivity contribution < 1.29 is 13.6 Å². The Hall–Kier alpha value is -3.82. The summed E-state index contributed by atoms with van der Waals surface area (Å²) in [4.78, 5) is 32.8. The zero-order chi connectivity index (χ0) is 22.3. The van der Waals surface area contributed by atoms with E-state index in [1.54, 1.807) is 4.90 Å². The number of piperazine rings is 1. The molecule has 0 bridgehead atoms. The van der Waals surface area contributed by atoms with Crippen LogP contribution >= 0.6 is 0 Å². The Labute approximate surface area is 176 Å². The topological polar surface area (TPSA) is 96.8 Å². The second-order valence-electron chi connectivity index (χ2n) is 7.29. The first-order valence-electron chi connectivity index (χ1n) is 9.62. The average molecular weight is 426 g/mol. The van der Waals surface area contributed by atoms with Crippen molar-refractivity contribution >= 4 is 22.9 Å². The molecule has 1 saturated heterocycles. The van der Waals surface area contributed by atoms with E-state index in [1.165, 1.54) is 24.5 Å². The van der Waals surface area contributed by atoms with Gasteiger partial charge in [0.2, 0.25) is 5.91 Å². The van der Waals surface area contributed by atoms with Crippen LogP contribution in [-0.4, -0.2) is 51.1 Å². The molecule has 8 nitrogen and oxygen atoms in total. The van der Waals surface area contributed by atoms with E-state index < -0.39 is 22.8 Å². The molecule has 10 heteroatoms. The largest absolute Gasteiger partial charge is 0.398 e. The number of rotatable bonds is 3. The molecule has 0 aliphatic carbocycles. The minimum absolute atomic E-state index is 0.0538. The van der Waals surface area contributed by atoms with Crippen LogP contribution in [0.1, 0.15) is 6.92 Å². The van der Waals surface area contributed by atoms with Gasteiger partial charge in [-0.15, -0.1) is 0 Å². The van der Waals surface area contributed by atoms with E-state index in [2.05, 4.69) is 16.7 Å². The third-order valence-corrected chi connectivity index (χ3v) is 5.39. The second-order valence-corrected chi connectivity index (χ2v) is 7.29. The molecule has 1 aromatic carbocycles. The summed E-state index contributed by atoms with van der Waals surface area (Å²) in [5, 5.41) is 3.96. The molecule has 1 fully saturated rings. The molecule has 0 spiro atoms. The van der Waals surface area contributed by atoms with E-state index in [0.29, 0.717) is 25.5 Å². The number of pyridine rings is 1. The van der Waals surface area contributed by atoms with Crippen LogP contribution in [0.3, 0.4) is 0 Å². The fraction of sp³-hybridized carbons (Fsp3) is 0.238. The molecule has 2 aromatic heterocycles. The second kappa shape index (κ2) is 7.78. The zero-order valence-electron chi connectivity index (χ0n) is 16.8. The first-order valence-corrected chi connectivity index (χ1v) is 9.62. The molecule has 2 N–H and O–H groups in total. The highest BCUT2D eigenvalue weighted by Crippen LogP contribution is 2.30. The summed E-state index contributed by atoms with van der Waals surface area (Å²) in [6, 6.07) is 4.82. The molecule has 0 saturated carbocycles. The lowest BCUT2D eigenvalue weighted by Crippen LogP contribution is -2.53. The molecule has 31 heavy (non-hydrogen) atoms. The van der Waals surface area contributed by atoms with Gasteiger partial charge in [-0.05, 0) is 25.1 Å². The maximum Gasteiger partial charge on any atom is 0.282 e. The van der Waals surface area contributed by atoms with Gasteiger partial charge in [0.25, 0.3) is 5.56 Å². The Bertz CT molecular complexity index is 1240. The number of halogens is 2. The van der Waals surface area contributed by atoms with E-state index >= 15 is 4.39 Å². The fourth-order valence-electron chi connectivity index (χ4n) is 3.90. The van der Waals surface area contributed by atoms with Gasteiger partial charge in [-0.25, -0.2) is 13.8 Å². The lowest BCUT2D eigenvalue weighted by Gasteiger charge is -2.40. The monoisotopic (exact) mass is 426 g/mol. The van der Waals surface area contributed by atoms with Crippen LogP contribution in [0.15, 0.2) is 48.0 Å². The SMILES string of the molecule is C=CC(=O)N1CCN(c2ncnn3c(=O)c(-c4c(N)cccc4F)c(F)cc23)[C@@H](C)C1. The Morgan fingerprint density at radius 3 is 2.71 bits per heavy atom. The van der Waals surface area contributed by atoms with Crippen LogP contribution in [0.25, 0.3) is 16.6 Å². The van der Waals surface area contributed by atoms with E-state index in [1.807, 2.05) is 11.8 Å². The van der Waals surface area contributed by atoms with Crippen molar-refractivity contribution in [3.8, 4) is 11.1 Å². The molecule has 1 aliphatic rings. The molecule has 1 amide bonds. The van der Waals surface area contributed by atoms with Gasteiger partial charge in [-0.2, -0.15) is 9.61 Å². The van der Waals surface area contributed by atoms with Gasteiger partial charge in [0, 0.05) is 43.0 Å². The Balaban J connectivity index is 1.83. The number of fused-ring (bicyclic) bond motifs is 1. The fourth-order valence-corrected chi connectivity index (χ4v) is 3.90. The van der Waals surface area contributed by atoms with E-state index in [4.69, 9.17) is 5.73 Å². The smallest absolute Gasteiger partial charge is 0.282 e. The van der Waals surface area contributed by atoms with Crippen LogP contribution in [0.4, 0.5) is 20.3 Å². The van der Waals surface area contributed by atoms with Crippen molar-refractivity contribution in [2.24, 2.45) is 0 Å². The molecule has 3 heterocycles. The highest BCUT2D eigenvalue weighted by molar-refractivity contribution is 5.87. The lowest BCUT2D eigenvalue weighted by molar-refractivity contribution is -0.126. The highest BCUT2D eigenvalue weighted by Gasteiger charge is 2.29. The summed E-state index contributed by atoms with van der Waals surface area (Å²) >= 11 is 0. The van der Waals surface area contributed by atoms with Crippen LogP contribution in [0.5, 0.6) is 0 Å². The molecular weight excluding hydrogens is 406 g/mol. The van der Waals surface area contributed by atoms with E-state index in [-0.39, 0.29) is 28.7 Å². The van der Waals surface area contributed by atoms with Crippen LogP contribution in [0.2, 0.25) is 0 Å². The lowest BCUT2D eigenvalue weighted by atomic mass is 10.0. The third-order valence-electron chi connectivity index (χ3n) is 5.39.